The van der Waals surface area contributed by atoms with Crippen molar-refractivity contribution in [3.05, 3.63) is 40.7 Å². The lowest BCUT2D eigenvalue weighted by Gasteiger charge is -2.18. The van der Waals surface area contributed by atoms with E-state index in [1.807, 2.05) is 19.9 Å². The number of hydrogen-bond donors (Lipinski definition) is 1. The molecule has 144 valence electrons. The third-order valence-corrected chi connectivity index (χ3v) is 4.48. The van der Waals surface area contributed by atoms with Crippen LogP contribution in [0.4, 0.5) is 5.82 Å². The number of pyridine rings is 1. The molecular weight excluding hydrogens is 400 g/mol. The average Bonchev–Trinajstić information content (AvgIpc) is 2.95. The van der Waals surface area contributed by atoms with Gasteiger partial charge in [-0.3, -0.25) is 15.0 Å². The molecule has 0 spiro atoms. The third kappa shape index (κ3) is 4.13. The maximum atomic E-state index is 12.1. The number of carbonyl (C=O) groups is 2. The minimum Gasteiger partial charge on any atom is -0.270 e. The Kier molecular flexibility index (Phi) is 7.09. The minimum absolute atomic E-state index is 0.0339. The summed E-state index contributed by atoms with van der Waals surface area (Å²) in [5, 5.41) is 10.9. The molecule has 2 aromatic heterocycles. The van der Waals surface area contributed by atoms with Crippen LogP contribution in [0.3, 0.4) is 0 Å². The van der Waals surface area contributed by atoms with Crippen molar-refractivity contribution in [1.82, 2.24) is 20.0 Å². The van der Waals surface area contributed by atoms with Crippen LogP contribution >= 0.6 is 23.4 Å². The number of imide groups is 1. The van der Waals surface area contributed by atoms with Crippen molar-refractivity contribution < 1.29 is 9.59 Å². The van der Waals surface area contributed by atoms with Crippen LogP contribution in [-0.2, 0) is 9.59 Å². The maximum Gasteiger partial charge on any atom is 0.275 e. The fourth-order valence-corrected chi connectivity index (χ4v) is 2.97. The van der Waals surface area contributed by atoms with Crippen LogP contribution in [0.25, 0.3) is 11.4 Å². The highest BCUT2D eigenvalue weighted by Crippen LogP contribution is 2.30. The molecule has 1 N–H and O–H groups in total. The molecule has 28 heavy (non-hydrogen) atoms. The van der Waals surface area contributed by atoms with E-state index in [2.05, 4.69) is 20.4 Å². The van der Waals surface area contributed by atoms with Gasteiger partial charge in [-0.2, -0.15) is 10.3 Å². The van der Waals surface area contributed by atoms with Gasteiger partial charge in [0.25, 0.3) is 11.8 Å². The Balaban J connectivity index is 0.00000136. The van der Waals surface area contributed by atoms with Gasteiger partial charge >= 0.3 is 0 Å². The van der Waals surface area contributed by atoms with Crippen molar-refractivity contribution >= 4 is 41.0 Å². The number of thioether (sulfide) groups is 1. The van der Waals surface area contributed by atoms with Gasteiger partial charge in [-0.25, -0.2) is 15.0 Å². The predicted molar refractivity (Wildman–Crippen MR) is 107 cm³/mol. The van der Waals surface area contributed by atoms with Crippen LogP contribution < -0.4 is 5.43 Å². The smallest absolute Gasteiger partial charge is 0.270 e. The Labute approximate surface area is 171 Å². The van der Waals surface area contributed by atoms with Gasteiger partial charge in [0.1, 0.15) is 21.8 Å². The fraction of sp³-hybridized carbons (Fsp3) is 0.222. The van der Waals surface area contributed by atoms with Gasteiger partial charge in [0.05, 0.1) is 5.56 Å². The molecule has 0 radical (unpaired) electrons. The number of amides is 2. The summed E-state index contributed by atoms with van der Waals surface area (Å²) in [4.78, 5) is 36.7. The van der Waals surface area contributed by atoms with E-state index >= 15 is 0 Å². The summed E-state index contributed by atoms with van der Waals surface area (Å²) < 4.78 is 0. The van der Waals surface area contributed by atoms with Gasteiger partial charge < -0.3 is 0 Å². The predicted octanol–water partition coefficient (Wildman–Crippen LogP) is 3.45. The molecule has 3 rings (SSSR count). The highest BCUT2D eigenvalue weighted by molar-refractivity contribution is 7.98. The van der Waals surface area contributed by atoms with E-state index < -0.39 is 11.8 Å². The first-order valence-corrected chi connectivity index (χ1v) is 9.87. The number of carbonyl (C=O) groups excluding carboxylic acids is 2. The lowest BCUT2D eigenvalue weighted by Crippen LogP contribution is -2.37. The maximum absolute atomic E-state index is 12.1. The molecule has 0 aliphatic carbocycles. The van der Waals surface area contributed by atoms with Gasteiger partial charge in [0.2, 0.25) is 0 Å². The van der Waals surface area contributed by atoms with Crippen molar-refractivity contribution in [2.24, 2.45) is 0 Å². The van der Waals surface area contributed by atoms with E-state index in [1.165, 1.54) is 31.0 Å². The lowest BCUT2D eigenvalue weighted by atomic mass is 10.2. The molecule has 0 fully saturated rings. The molecule has 3 heterocycles. The van der Waals surface area contributed by atoms with E-state index in [0.717, 1.165) is 5.01 Å². The van der Waals surface area contributed by atoms with E-state index in [4.69, 9.17) is 11.6 Å². The zero-order valence-electron chi connectivity index (χ0n) is 15.6. The molecule has 1 aliphatic heterocycles. The molecular formula is C18H17ClN6O2S. The van der Waals surface area contributed by atoms with Gasteiger partial charge in [-0.1, -0.05) is 25.4 Å². The summed E-state index contributed by atoms with van der Waals surface area (Å²) in [5.41, 5.74) is 3.49. The van der Waals surface area contributed by atoms with E-state index in [0.29, 0.717) is 10.6 Å². The molecule has 0 aromatic carbocycles. The topological polar surface area (TPSA) is 112 Å². The second-order valence-electron chi connectivity index (χ2n) is 5.15. The fourth-order valence-electron chi connectivity index (χ4n) is 2.24. The molecule has 8 nitrogen and oxygen atoms in total. The molecule has 0 saturated heterocycles. The molecule has 1 aliphatic rings. The van der Waals surface area contributed by atoms with Crippen LogP contribution in [-0.4, -0.2) is 38.0 Å². The van der Waals surface area contributed by atoms with Crippen LogP contribution in [0.5, 0.6) is 0 Å². The Morgan fingerprint density at radius 1 is 1.29 bits per heavy atom. The third-order valence-electron chi connectivity index (χ3n) is 3.50. The van der Waals surface area contributed by atoms with Gasteiger partial charge in [0, 0.05) is 17.8 Å². The van der Waals surface area contributed by atoms with Gasteiger partial charge in [-0.15, -0.1) is 11.8 Å². The van der Waals surface area contributed by atoms with Crippen LogP contribution in [0.15, 0.2) is 35.0 Å². The number of hydrazine groups is 1. The second kappa shape index (κ2) is 9.30. The number of nitrogens with zero attached hydrogens (tertiary/aromatic N) is 5. The summed E-state index contributed by atoms with van der Waals surface area (Å²) in [6.45, 7) is 5.53. The first kappa shape index (κ1) is 21.3. The van der Waals surface area contributed by atoms with Crippen molar-refractivity contribution in [2.75, 3.05) is 11.7 Å². The Bertz CT molecular complexity index is 1000. The highest BCUT2D eigenvalue weighted by atomic mass is 35.5. The minimum atomic E-state index is -0.540. The molecule has 0 unspecified atom stereocenters. The number of halogens is 1. The van der Waals surface area contributed by atoms with Crippen molar-refractivity contribution in [3.8, 4) is 17.5 Å². The molecule has 2 amide bonds. The lowest BCUT2D eigenvalue weighted by molar-refractivity contribution is -0.135. The van der Waals surface area contributed by atoms with Gasteiger partial charge in [-0.05, 0) is 25.3 Å². The first-order valence-electron chi connectivity index (χ1n) is 8.26. The molecule has 2 aromatic rings. The standard InChI is InChI=1S/C16H11ClN6O2S.C2H6/c1-8-6-11(24)23(16(8)25)22-14-10(7-18)15(26-2)21-13(20-14)9-4-3-5-19-12(9)17;1-2/h3-6H,1-2H3,(H,20,21,22);1-2H3. The van der Waals surface area contributed by atoms with Gasteiger partial charge in [0.15, 0.2) is 11.6 Å². The quantitative estimate of drug-likeness (QED) is 0.349. The largest absolute Gasteiger partial charge is 0.275 e. The highest BCUT2D eigenvalue weighted by Gasteiger charge is 2.30. The summed E-state index contributed by atoms with van der Waals surface area (Å²) in [7, 11) is 0. The SMILES string of the molecule is CC.CSc1nc(-c2cccnc2Cl)nc(NN2C(=O)C=C(C)C2=O)c1C#N. The van der Waals surface area contributed by atoms with Crippen LogP contribution in [0.2, 0.25) is 5.15 Å². The summed E-state index contributed by atoms with van der Waals surface area (Å²) in [5.74, 6) is -0.796. The van der Waals surface area contributed by atoms with Crippen molar-refractivity contribution in [3.63, 3.8) is 0 Å². The number of nitrogens with one attached hydrogen (secondary N) is 1. The number of rotatable bonds is 4. The number of nitriles is 1. The monoisotopic (exact) mass is 416 g/mol. The van der Waals surface area contributed by atoms with Crippen LogP contribution in [0, 0.1) is 11.3 Å². The van der Waals surface area contributed by atoms with E-state index in [1.54, 1.807) is 18.4 Å². The van der Waals surface area contributed by atoms with Crippen molar-refractivity contribution in [1.29, 1.82) is 5.26 Å². The zero-order chi connectivity index (χ0) is 20.8. The average molecular weight is 417 g/mol. The number of aromatic nitrogens is 3. The molecule has 0 bridgehead atoms. The first-order chi connectivity index (χ1) is 13.5. The summed E-state index contributed by atoms with van der Waals surface area (Å²) in [6, 6.07) is 5.36. The molecule has 10 heteroatoms. The summed E-state index contributed by atoms with van der Waals surface area (Å²) in [6.07, 6.45) is 4.48. The van der Waals surface area contributed by atoms with E-state index in [9.17, 15) is 14.9 Å². The zero-order valence-corrected chi connectivity index (χ0v) is 17.2. The Morgan fingerprint density at radius 3 is 2.54 bits per heavy atom. The Hall–Kier alpha value is -2.96. The second-order valence-corrected chi connectivity index (χ2v) is 6.30. The normalized spacial score (nSPS) is 12.9. The summed E-state index contributed by atoms with van der Waals surface area (Å²) >= 11 is 7.34. The number of anilines is 1. The number of hydrogen-bond acceptors (Lipinski definition) is 8. The van der Waals surface area contributed by atoms with Crippen LogP contribution in [0.1, 0.15) is 26.3 Å². The molecule has 0 saturated carbocycles. The van der Waals surface area contributed by atoms with E-state index in [-0.39, 0.29) is 27.9 Å². The molecule has 0 atom stereocenters. The van der Waals surface area contributed by atoms with Crippen molar-refractivity contribution in [2.45, 2.75) is 25.8 Å². The Morgan fingerprint density at radius 2 is 2.00 bits per heavy atom.